The van der Waals surface area contributed by atoms with Crippen molar-refractivity contribution >= 4 is 11.5 Å². The number of ketones is 1. The van der Waals surface area contributed by atoms with Crippen molar-refractivity contribution in [2.24, 2.45) is 0 Å². The lowest BCUT2D eigenvalue weighted by molar-refractivity contribution is 0.0946. The quantitative estimate of drug-likeness (QED) is 0.868. The smallest absolute Gasteiger partial charge is 0.203 e. The molecule has 1 aliphatic heterocycles. The Kier molecular flexibility index (Phi) is 3.86. The van der Waals surface area contributed by atoms with Gasteiger partial charge < -0.3 is 18.8 Å². The standard InChI is InChI=1S/C18H19NO4/c1-11-8-13(17(20)14-6-5-7-19(11)14)12-9-15(21-2)18(23-4)16(10-12)22-3/h5-7,9-10,13H,1,8H2,2-4H3. The first-order chi connectivity index (χ1) is 11.1. The lowest BCUT2D eigenvalue weighted by atomic mass is 9.86. The van der Waals surface area contributed by atoms with Crippen LogP contribution in [0.25, 0.3) is 5.70 Å². The zero-order valence-corrected chi connectivity index (χ0v) is 13.5. The molecule has 1 aliphatic rings. The van der Waals surface area contributed by atoms with Crippen molar-refractivity contribution in [1.82, 2.24) is 4.57 Å². The molecule has 2 aromatic rings. The van der Waals surface area contributed by atoms with Gasteiger partial charge in [0.05, 0.1) is 32.9 Å². The first-order valence-corrected chi connectivity index (χ1v) is 7.30. The van der Waals surface area contributed by atoms with Gasteiger partial charge in [-0.2, -0.15) is 0 Å². The summed E-state index contributed by atoms with van der Waals surface area (Å²) >= 11 is 0. The minimum atomic E-state index is -0.307. The molecule has 1 unspecified atom stereocenters. The van der Waals surface area contributed by atoms with Crippen molar-refractivity contribution in [3.63, 3.8) is 0 Å². The van der Waals surface area contributed by atoms with E-state index in [9.17, 15) is 4.79 Å². The number of aromatic nitrogens is 1. The van der Waals surface area contributed by atoms with Gasteiger partial charge in [-0.05, 0) is 29.8 Å². The number of carbonyl (C=O) groups excluding carboxylic acids is 1. The second kappa shape index (κ2) is 5.83. The van der Waals surface area contributed by atoms with Crippen molar-refractivity contribution in [2.75, 3.05) is 21.3 Å². The Morgan fingerprint density at radius 2 is 1.78 bits per heavy atom. The Labute approximate surface area is 135 Å². The highest BCUT2D eigenvalue weighted by Crippen LogP contribution is 2.43. The fourth-order valence-corrected chi connectivity index (χ4v) is 3.03. The summed E-state index contributed by atoms with van der Waals surface area (Å²) in [6.07, 6.45) is 2.42. The molecule has 120 valence electrons. The van der Waals surface area contributed by atoms with E-state index in [-0.39, 0.29) is 11.7 Å². The molecule has 0 saturated carbocycles. The number of benzene rings is 1. The predicted octanol–water partition coefficient (Wildman–Crippen LogP) is 3.35. The van der Waals surface area contributed by atoms with Crippen LogP contribution in [-0.2, 0) is 0 Å². The van der Waals surface area contributed by atoms with E-state index >= 15 is 0 Å². The topological polar surface area (TPSA) is 49.7 Å². The fraction of sp³-hybridized carbons (Fsp3) is 0.278. The first kappa shape index (κ1) is 15.2. The van der Waals surface area contributed by atoms with Crippen LogP contribution < -0.4 is 14.2 Å². The molecule has 3 rings (SSSR count). The molecule has 1 aromatic carbocycles. The van der Waals surface area contributed by atoms with Crippen molar-refractivity contribution in [1.29, 1.82) is 0 Å². The van der Waals surface area contributed by atoms with E-state index in [1.54, 1.807) is 21.3 Å². The van der Waals surface area contributed by atoms with E-state index < -0.39 is 0 Å². The van der Waals surface area contributed by atoms with E-state index in [0.717, 1.165) is 11.3 Å². The van der Waals surface area contributed by atoms with Gasteiger partial charge in [0.25, 0.3) is 0 Å². The predicted molar refractivity (Wildman–Crippen MR) is 87.5 cm³/mol. The van der Waals surface area contributed by atoms with E-state index in [1.807, 2.05) is 35.0 Å². The van der Waals surface area contributed by atoms with Gasteiger partial charge in [-0.15, -0.1) is 0 Å². The first-order valence-electron chi connectivity index (χ1n) is 7.30. The van der Waals surface area contributed by atoms with Gasteiger partial charge in [0, 0.05) is 18.3 Å². The Morgan fingerprint density at radius 1 is 1.13 bits per heavy atom. The second-order valence-corrected chi connectivity index (χ2v) is 5.41. The van der Waals surface area contributed by atoms with Crippen LogP contribution in [0.4, 0.5) is 0 Å². The molecule has 0 fully saturated rings. The molecule has 5 heteroatoms. The van der Waals surface area contributed by atoms with Crippen LogP contribution in [0.2, 0.25) is 0 Å². The van der Waals surface area contributed by atoms with Gasteiger partial charge in [0.15, 0.2) is 17.3 Å². The number of methoxy groups -OCH3 is 3. The Bertz CT molecular complexity index is 750. The molecule has 1 aromatic heterocycles. The van der Waals surface area contributed by atoms with Gasteiger partial charge in [-0.1, -0.05) is 6.58 Å². The van der Waals surface area contributed by atoms with Crippen LogP contribution in [0.1, 0.15) is 28.4 Å². The normalized spacial score (nSPS) is 16.9. The number of ether oxygens (including phenoxy) is 3. The van der Waals surface area contributed by atoms with Crippen LogP contribution in [-0.4, -0.2) is 31.7 Å². The van der Waals surface area contributed by atoms with Crippen LogP contribution in [0.15, 0.2) is 37.0 Å². The molecule has 0 N–H and O–H groups in total. The highest BCUT2D eigenvalue weighted by Gasteiger charge is 2.32. The lowest BCUT2D eigenvalue weighted by Crippen LogP contribution is -2.23. The molecular formula is C18H19NO4. The van der Waals surface area contributed by atoms with E-state index in [2.05, 4.69) is 6.58 Å². The molecule has 5 nitrogen and oxygen atoms in total. The number of rotatable bonds is 4. The zero-order valence-electron chi connectivity index (χ0n) is 13.5. The molecule has 0 saturated heterocycles. The third-order valence-corrected chi connectivity index (χ3v) is 4.19. The average molecular weight is 313 g/mol. The third-order valence-electron chi connectivity index (χ3n) is 4.19. The molecule has 0 amide bonds. The number of nitrogens with zero attached hydrogens (tertiary/aromatic N) is 1. The van der Waals surface area contributed by atoms with Gasteiger partial charge in [-0.25, -0.2) is 0 Å². The number of Topliss-reactive ketones (excluding diaryl/α,β-unsaturated/α-hetero) is 1. The summed E-state index contributed by atoms with van der Waals surface area (Å²) in [5, 5.41) is 0. The molecule has 0 aliphatic carbocycles. The molecule has 0 bridgehead atoms. The molecule has 2 heterocycles. The number of allylic oxidation sites excluding steroid dienone is 1. The van der Waals surface area contributed by atoms with Crippen molar-refractivity contribution in [3.05, 3.63) is 48.3 Å². The molecule has 0 radical (unpaired) electrons. The summed E-state index contributed by atoms with van der Waals surface area (Å²) in [5.41, 5.74) is 2.38. The molecule has 0 spiro atoms. The van der Waals surface area contributed by atoms with Crippen LogP contribution in [0.5, 0.6) is 17.2 Å². The summed E-state index contributed by atoms with van der Waals surface area (Å²) < 4.78 is 17.9. The second-order valence-electron chi connectivity index (χ2n) is 5.41. The number of hydrogen-bond donors (Lipinski definition) is 0. The maximum absolute atomic E-state index is 12.8. The van der Waals surface area contributed by atoms with Gasteiger partial charge >= 0.3 is 0 Å². The Morgan fingerprint density at radius 3 is 2.35 bits per heavy atom. The monoisotopic (exact) mass is 313 g/mol. The minimum absolute atomic E-state index is 0.0664. The Balaban J connectivity index is 2.09. The van der Waals surface area contributed by atoms with E-state index in [1.165, 1.54) is 0 Å². The number of fused-ring (bicyclic) bond motifs is 1. The highest BCUT2D eigenvalue weighted by atomic mass is 16.5. The summed E-state index contributed by atoms with van der Waals surface area (Å²) in [5.74, 6) is 1.36. The molecule has 1 atom stereocenters. The summed E-state index contributed by atoms with van der Waals surface area (Å²) in [6.45, 7) is 4.08. The minimum Gasteiger partial charge on any atom is -0.493 e. The summed E-state index contributed by atoms with van der Waals surface area (Å²) in [6, 6.07) is 7.33. The van der Waals surface area contributed by atoms with Crippen LogP contribution >= 0.6 is 0 Å². The van der Waals surface area contributed by atoms with Gasteiger partial charge in [0.2, 0.25) is 5.75 Å². The third kappa shape index (κ3) is 2.38. The molecule has 23 heavy (non-hydrogen) atoms. The summed E-state index contributed by atoms with van der Waals surface area (Å²) in [4.78, 5) is 12.8. The lowest BCUT2D eigenvalue weighted by Gasteiger charge is -2.26. The maximum Gasteiger partial charge on any atom is 0.203 e. The van der Waals surface area contributed by atoms with E-state index in [0.29, 0.717) is 29.4 Å². The maximum atomic E-state index is 12.8. The van der Waals surface area contributed by atoms with Crippen LogP contribution in [0.3, 0.4) is 0 Å². The highest BCUT2D eigenvalue weighted by molar-refractivity contribution is 6.03. The van der Waals surface area contributed by atoms with Gasteiger partial charge in [-0.3, -0.25) is 4.79 Å². The Hall–Kier alpha value is -2.69. The number of carbonyl (C=O) groups is 1. The number of hydrogen-bond acceptors (Lipinski definition) is 4. The SMILES string of the molecule is C=C1CC(c2cc(OC)c(OC)c(OC)c2)C(=O)c2cccn21. The fourth-order valence-electron chi connectivity index (χ4n) is 3.03. The van der Waals surface area contributed by atoms with Crippen molar-refractivity contribution < 1.29 is 19.0 Å². The van der Waals surface area contributed by atoms with Crippen molar-refractivity contribution in [2.45, 2.75) is 12.3 Å². The average Bonchev–Trinajstić information content (AvgIpc) is 3.07. The zero-order chi connectivity index (χ0) is 16.6. The molecular weight excluding hydrogens is 294 g/mol. The summed E-state index contributed by atoms with van der Waals surface area (Å²) in [7, 11) is 4.68. The van der Waals surface area contributed by atoms with Gasteiger partial charge in [0.1, 0.15) is 0 Å². The van der Waals surface area contributed by atoms with Crippen molar-refractivity contribution in [3.8, 4) is 17.2 Å². The largest absolute Gasteiger partial charge is 0.493 e. The van der Waals surface area contributed by atoms with Crippen LogP contribution in [0, 0.1) is 0 Å². The van der Waals surface area contributed by atoms with E-state index in [4.69, 9.17) is 14.2 Å².